The van der Waals surface area contributed by atoms with Crippen molar-refractivity contribution >= 4 is 37.8 Å². The summed E-state index contributed by atoms with van der Waals surface area (Å²) in [5, 5.41) is 13.1. The number of aliphatic carboxylic acids is 1. The summed E-state index contributed by atoms with van der Waals surface area (Å²) in [5.41, 5.74) is -0.261. The molecule has 15 heavy (non-hydrogen) atoms. The predicted molar refractivity (Wildman–Crippen MR) is 60.4 cm³/mol. The summed E-state index contributed by atoms with van der Waals surface area (Å²) >= 11 is 6.56. The van der Waals surface area contributed by atoms with Crippen LogP contribution in [0.25, 0.3) is 0 Å². The minimum absolute atomic E-state index is 0. The summed E-state index contributed by atoms with van der Waals surface area (Å²) < 4.78 is 2.87. The van der Waals surface area contributed by atoms with E-state index in [1.54, 1.807) is 13.8 Å². The van der Waals surface area contributed by atoms with E-state index in [-0.39, 0.29) is 31.0 Å². The number of carboxylic acids is 1. The molecule has 0 saturated carbocycles. The third-order valence-corrected chi connectivity index (χ3v) is 4.09. The van der Waals surface area contributed by atoms with Crippen molar-refractivity contribution in [3.8, 4) is 0 Å². The molecule has 7 heteroatoms. The molecule has 0 fully saturated rings. The van der Waals surface area contributed by atoms with Crippen molar-refractivity contribution < 1.29 is 40.9 Å². The smallest absolute Gasteiger partial charge is 1.00 e. The van der Waals surface area contributed by atoms with Gasteiger partial charge in [-0.25, -0.2) is 4.79 Å². The van der Waals surface area contributed by atoms with Crippen molar-refractivity contribution in [3.63, 3.8) is 0 Å². The molecule has 80 valence electrons. The van der Waals surface area contributed by atoms with Gasteiger partial charge in [0.2, 0.25) is 0 Å². The fraction of sp³-hybridized carbons (Fsp3) is 0.500. The molecular formula is C8H11Br2N2NaO2. The van der Waals surface area contributed by atoms with Gasteiger partial charge in [-0.1, -0.05) is 0 Å². The Labute approximate surface area is 128 Å². The van der Waals surface area contributed by atoms with Crippen LogP contribution < -0.4 is 29.6 Å². The molecule has 0 atom stereocenters. The molecule has 0 aliphatic carbocycles. The van der Waals surface area contributed by atoms with Gasteiger partial charge in [0.05, 0.1) is 10.2 Å². The van der Waals surface area contributed by atoms with E-state index in [0.29, 0.717) is 4.60 Å². The second-order valence-corrected chi connectivity index (χ2v) is 5.01. The molecule has 1 aromatic heterocycles. The van der Waals surface area contributed by atoms with Crippen molar-refractivity contribution in [2.45, 2.75) is 26.3 Å². The summed E-state index contributed by atoms with van der Waals surface area (Å²) in [6.07, 6.45) is 0. The van der Waals surface area contributed by atoms with Crippen LogP contribution in [0.2, 0.25) is 0 Å². The molecule has 0 aliphatic rings. The third-order valence-electron chi connectivity index (χ3n) is 2.06. The maximum Gasteiger partial charge on any atom is 1.00 e. The van der Waals surface area contributed by atoms with Crippen LogP contribution in [0.5, 0.6) is 0 Å². The van der Waals surface area contributed by atoms with Gasteiger partial charge >= 0.3 is 35.5 Å². The van der Waals surface area contributed by atoms with Gasteiger partial charge in [0, 0.05) is 0 Å². The van der Waals surface area contributed by atoms with Crippen LogP contribution in [0.4, 0.5) is 0 Å². The van der Waals surface area contributed by atoms with Gasteiger partial charge in [-0.2, -0.15) is 5.10 Å². The Morgan fingerprint density at radius 1 is 1.53 bits per heavy atom. The SMILES string of the molecule is Cc1c(Br)c(Br)nn1C(C)(C)C(=O)O.[H-].[Na+]. The molecule has 4 nitrogen and oxygen atoms in total. The number of carboxylic acid groups (broad SMARTS) is 1. The van der Waals surface area contributed by atoms with E-state index in [1.165, 1.54) is 4.68 Å². The van der Waals surface area contributed by atoms with E-state index in [2.05, 4.69) is 37.0 Å². The van der Waals surface area contributed by atoms with Crippen LogP contribution in [0.15, 0.2) is 9.08 Å². The third kappa shape index (κ3) is 2.85. The van der Waals surface area contributed by atoms with E-state index in [4.69, 9.17) is 5.11 Å². The molecule has 0 aliphatic heterocycles. The minimum Gasteiger partial charge on any atom is -1.00 e. The maximum absolute atomic E-state index is 11.0. The molecule has 0 bridgehead atoms. The largest absolute Gasteiger partial charge is 1.00 e. The molecule has 0 spiro atoms. The summed E-state index contributed by atoms with van der Waals surface area (Å²) in [6.45, 7) is 5.02. The van der Waals surface area contributed by atoms with Gasteiger partial charge < -0.3 is 6.53 Å². The van der Waals surface area contributed by atoms with Gasteiger partial charge in [-0.15, -0.1) is 0 Å². The molecule has 1 aromatic rings. The molecular weight excluding hydrogens is 339 g/mol. The van der Waals surface area contributed by atoms with Crippen molar-refractivity contribution in [1.82, 2.24) is 9.78 Å². The van der Waals surface area contributed by atoms with Gasteiger partial charge in [0.1, 0.15) is 4.60 Å². The van der Waals surface area contributed by atoms with Gasteiger partial charge in [-0.3, -0.25) is 4.68 Å². The Kier molecular flexibility index (Phi) is 5.54. The number of rotatable bonds is 2. The first kappa shape index (κ1) is 15.6. The Bertz CT molecular complexity index is 396. The van der Waals surface area contributed by atoms with E-state index in [1.807, 2.05) is 6.92 Å². The fourth-order valence-electron chi connectivity index (χ4n) is 1.08. The van der Waals surface area contributed by atoms with Crippen LogP contribution in [-0.4, -0.2) is 20.9 Å². The number of carbonyl (C=O) groups is 1. The zero-order chi connectivity index (χ0) is 11.1. The van der Waals surface area contributed by atoms with Crippen molar-refractivity contribution in [2.75, 3.05) is 0 Å². The van der Waals surface area contributed by atoms with E-state index < -0.39 is 11.5 Å². The van der Waals surface area contributed by atoms with E-state index in [9.17, 15) is 4.79 Å². The number of hydrogen-bond donors (Lipinski definition) is 1. The Morgan fingerprint density at radius 3 is 2.27 bits per heavy atom. The van der Waals surface area contributed by atoms with Crippen molar-refractivity contribution in [2.24, 2.45) is 0 Å². The summed E-state index contributed by atoms with van der Waals surface area (Å²) in [4.78, 5) is 11.0. The Balaban J connectivity index is 0. The first-order valence-electron chi connectivity index (χ1n) is 3.93. The zero-order valence-electron chi connectivity index (χ0n) is 10.0. The number of nitrogens with zero attached hydrogens (tertiary/aromatic N) is 2. The molecule has 0 unspecified atom stereocenters. The molecule has 1 rings (SSSR count). The minimum atomic E-state index is -1.04. The van der Waals surface area contributed by atoms with Gasteiger partial charge in [0.15, 0.2) is 5.54 Å². The topological polar surface area (TPSA) is 55.1 Å². The van der Waals surface area contributed by atoms with Gasteiger partial charge in [-0.05, 0) is 52.6 Å². The standard InChI is InChI=1S/C8H10Br2N2O2.Na.H/c1-4-5(9)6(10)11-12(4)8(2,3)7(13)14;;/h1-3H3,(H,13,14);;/q;+1;-1. The second-order valence-electron chi connectivity index (χ2n) is 3.47. The number of aromatic nitrogens is 2. The molecule has 0 saturated heterocycles. The zero-order valence-corrected chi connectivity index (χ0v) is 14.2. The molecule has 0 amide bonds. The molecule has 1 N–H and O–H groups in total. The molecule has 0 radical (unpaired) electrons. The number of halogens is 2. The predicted octanol–water partition coefficient (Wildman–Crippen LogP) is -0.347. The number of hydrogen-bond acceptors (Lipinski definition) is 2. The molecule has 0 aromatic carbocycles. The summed E-state index contributed by atoms with van der Waals surface area (Å²) in [5.74, 6) is -0.914. The van der Waals surface area contributed by atoms with Crippen molar-refractivity contribution in [3.05, 3.63) is 14.8 Å². The van der Waals surface area contributed by atoms with Crippen LogP contribution in [-0.2, 0) is 10.3 Å². The molecule has 1 heterocycles. The van der Waals surface area contributed by atoms with Gasteiger partial charge in [0.25, 0.3) is 0 Å². The average Bonchev–Trinajstić information content (AvgIpc) is 2.33. The van der Waals surface area contributed by atoms with Crippen LogP contribution in [0.3, 0.4) is 0 Å². The summed E-state index contributed by atoms with van der Waals surface area (Å²) in [6, 6.07) is 0. The maximum atomic E-state index is 11.0. The Morgan fingerprint density at radius 2 is 2.00 bits per heavy atom. The normalized spacial score (nSPS) is 11.0. The summed E-state index contributed by atoms with van der Waals surface area (Å²) in [7, 11) is 0. The second kappa shape index (κ2) is 5.31. The quantitative estimate of drug-likeness (QED) is 0.743. The van der Waals surface area contributed by atoms with E-state index in [0.717, 1.165) is 10.2 Å². The van der Waals surface area contributed by atoms with E-state index >= 15 is 0 Å². The first-order valence-corrected chi connectivity index (χ1v) is 5.51. The van der Waals surface area contributed by atoms with Crippen LogP contribution >= 0.6 is 31.9 Å². The fourth-order valence-corrected chi connectivity index (χ4v) is 1.78. The van der Waals surface area contributed by atoms with Crippen LogP contribution in [0.1, 0.15) is 21.0 Å². The average molecular weight is 350 g/mol. The monoisotopic (exact) mass is 348 g/mol. The Hall–Kier alpha value is 0.640. The van der Waals surface area contributed by atoms with Crippen molar-refractivity contribution in [1.29, 1.82) is 0 Å². The first-order chi connectivity index (χ1) is 6.28. The van der Waals surface area contributed by atoms with Crippen LogP contribution in [0, 0.1) is 6.92 Å².